The first-order valence-electron chi connectivity index (χ1n) is 7.23. The van der Waals surface area contributed by atoms with Crippen LogP contribution in [0.4, 0.5) is 0 Å². The SMILES string of the molecule is COc1ccc(C(=O)/C=C/n2ccnc2-c2ccccc2)cc1. The summed E-state index contributed by atoms with van der Waals surface area (Å²) in [6, 6.07) is 16.9. The highest BCUT2D eigenvalue weighted by atomic mass is 16.5. The van der Waals surface area contributed by atoms with Crippen LogP contribution in [0, 0.1) is 0 Å². The maximum Gasteiger partial charge on any atom is 0.187 e. The van der Waals surface area contributed by atoms with Gasteiger partial charge in [0, 0.05) is 35.8 Å². The average molecular weight is 304 g/mol. The Morgan fingerprint density at radius 1 is 1.09 bits per heavy atom. The molecule has 23 heavy (non-hydrogen) atoms. The zero-order valence-corrected chi connectivity index (χ0v) is 12.7. The summed E-state index contributed by atoms with van der Waals surface area (Å²) in [6.07, 6.45) is 6.79. The number of hydrogen-bond donors (Lipinski definition) is 0. The number of benzene rings is 2. The molecule has 0 atom stereocenters. The highest BCUT2D eigenvalue weighted by Gasteiger charge is 2.05. The van der Waals surface area contributed by atoms with E-state index in [1.807, 2.05) is 41.1 Å². The van der Waals surface area contributed by atoms with E-state index in [1.165, 1.54) is 6.08 Å². The maximum atomic E-state index is 12.2. The van der Waals surface area contributed by atoms with Crippen molar-refractivity contribution in [3.05, 3.63) is 78.6 Å². The first-order chi connectivity index (χ1) is 11.3. The van der Waals surface area contributed by atoms with Gasteiger partial charge in [0.15, 0.2) is 5.78 Å². The summed E-state index contributed by atoms with van der Waals surface area (Å²) in [6.45, 7) is 0. The molecule has 4 nitrogen and oxygen atoms in total. The van der Waals surface area contributed by atoms with E-state index in [0.717, 1.165) is 17.1 Å². The minimum Gasteiger partial charge on any atom is -0.497 e. The van der Waals surface area contributed by atoms with Crippen LogP contribution in [0.3, 0.4) is 0 Å². The molecule has 0 fully saturated rings. The molecule has 2 aromatic carbocycles. The second-order valence-electron chi connectivity index (χ2n) is 4.93. The lowest BCUT2D eigenvalue weighted by atomic mass is 10.1. The van der Waals surface area contributed by atoms with Crippen molar-refractivity contribution in [2.24, 2.45) is 0 Å². The number of ketones is 1. The van der Waals surface area contributed by atoms with Crippen molar-refractivity contribution in [1.29, 1.82) is 0 Å². The number of allylic oxidation sites excluding steroid dienone is 1. The van der Waals surface area contributed by atoms with Gasteiger partial charge < -0.3 is 9.30 Å². The van der Waals surface area contributed by atoms with Crippen LogP contribution in [0.25, 0.3) is 17.6 Å². The summed E-state index contributed by atoms with van der Waals surface area (Å²) in [5.74, 6) is 1.45. The number of aromatic nitrogens is 2. The van der Waals surface area contributed by atoms with Crippen LogP contribution >= 0.6 is 0 Å². The highest BCUT2D eigenvalue weighted by Crippen LogP contribution is 2.17. The van der Waals surface area contributed by atoms with Gasteiger partial charge in [0.2, 0.25) is 0 Å². The standard InChI is InChI=1S/C19H16N2O2/c1-23-17-9-7-15(8-10-17)18(22)11-13-21-14-12-20-19(21)16-5-3-2-4-6-16/h2-14H,1H3/b13-11+. The fourth-order valence-electron chi connectivity index (χ4n) is 2.24. The van der Waals surface area contributed by atoms with E-state index in [2.05, 4.69) is 4.98 Å². The summed E-state index contributed by atoms with van der Waals surface area (Å²) in [7, 11) is 1.60. The zero-order chi connectivity index (χ0) is 16.1. The predicted molar refractivity (Wildman–Crippen MR) is 90.3 cm³/mol. The van der Waals surface area contributed by atoms with Crippen molar-refractivity contribution in [2.45, 2.75) is 0 Å². The van der Waals surface area contributed by atoms with E-state index in [4.69, 9.17) is 4.74 Å². The highest BCUT2D eigenvalue weighted by molar-refractivity contribution is 6.06. The lowest BCUT2D eigenvalue weighted by Gasteiger charge is -2.03. The number of carbonyl (C=O) groups excluding carboxylic acids is 1. The molecule has 0 aliphatic heterocycles. The molecule has 0 aliphatic carbocycles. The lowest BCUT2D eigenvalue weighted by molar-refractivity contribution is 0.104. The summed E-state index contributed by atoms with van der Waals surface area (Å²) in [5.41, 5.74) is 1.61. The lowest BCUT2D eigenvalue weighted by Crippen LogP contribution is -1.96. The van der Waals surface area contributed by atoms with Gasteiger partial charge in [-0.05, 0) is 24.3 Å². The molecule has 0 radical (unpaired) electrons. The summed E-state index contributed by atoms with van der Waals surface area (Å²) < 4.78 is 6.92. The van der Waals surface area contributed by atoms with Crippen molar-refractivity contribution >= 4 is 12.0 Å². The smallest absolute Gasteiger partial charge is 0.187 e. The van der Waals surface area contributed by atoms with Gasteiger partial charge in [0.1, 0.15) is 11.6 Å². The van der Waals surface area contributed by atoms with Crippen molar-refractivity contribution in [3.8, 4) is 17.1 Å². The van der Waals surface area contributed by atoms with Crippen molar-refractivity contribution in [3.63, 3.8) is 0 Å². The molecule has 1 aromatic heterocycles. The van der Waals surface area contributed by atoms with Crippen LogP contribution in [0.2, 0.25) is 0 Å². The Balaban J connectivity index is 1.80. The number of nitrogens with zero attached hydrogens (tertiary/aromatic N) is 2. The summed E-state index contributed by atoms with van der Waals surface area (Å²) in [4.78, 5) is 16.6. The molecule has 4 heteroatoms. The Morgan fingerprint density at radius 2 is 1.83 bits per heavy atom. The Kier molecular flexibility index (Phi) is 4.34. The minimum atomic E-state index is -0.0691. The van der Waals surface area contributed by atoms with Gasteiger partial charge in [0.25, 0.3) is 0 Å². The van der Waals surface area contributed by atoms with Crippen molar-refractivity contribution in [1.82, 2.24) is 9.55 Å². The summed E-state index contributed by atoms with van der Waals surface area (Å²) in [5, 5.41) is 0. The largest absolute Gasteiger partial charge is 0.497 e. The Labute approximate surface area is 134 Å². The Hall–Kier alpha value is -3.14. The first-order valence-corrected chi connectivity index (χ1v) is 7.23. The third kappa shape index (κ3) is 3.37. The molecule has 3 rings (SSSR count). The quantitative estimate of drug-likeness (QED) is 0.530. The van der Waals surface area contributed by atoms with Crippen LogP contribution < -0.4 is 4.74 Å². The molecule has 0 N–H and O–H groups in total. The number of carbonyl (C=O) groups is 1. The number of methoxy groups -OCH3 is 1. The topological polar surface area (TPSA) is 44.1 Å². The van der Waals surface area contributed by atoms with Gasteiger partial charge in [-0.25, -0.2) is 4.98 Å². The van der Waals surface area contributed by atoms with E-state index in [-0.39, 0.29) is 5.78 Å². The van der Waals surface area contributed by atoms with Crippen LogP contribution in [0.5, 0.6) is 5.75 Å². The van der Waals surface area contributed by atoms with E-state index in [1.54, 1.807) is 43.8 Å². The Morgan fingerprint density at radius 3 is 2.52 bits per heavy atom. The molecular formula is C19H16N2O2. The van der Waals surface area contributed by atoms with E-state index in [9.17, 15) is 4.79 Å². The normalized spacial score (nSPS) is 10.8. The fraction of sp³-hybridized carbons (Fsp3) is 0.0526. The molecule has 0 bridgehead atoms. The van der Waals surface area contributed by atoms with Crippen LogP contribution in [-0.2, 0) is 0 Å². The van der Waals surface area contributed by atoms with Gasteiger partial charge in [-0.15, -0.1) is 0 Å². The number of ether oxygens (including phenoxy) is 1. The van der Waals surface area contributed by atoms with Gasteiger partial charge >= 0.3 is 0 Å². The maximum absolute atomic E-state index is 12.2. The van der Waals surface area contributed by atoms with Gasteiger partial charge in [-0.3, -0.25) is 4.79 Å². The number of hydrogen-bond acceptors (Lipinski definition) is 3. The van der Waals surface area contributed by atoms with Gasteiger partial charge in [-0.2, -0.15) is 0 Å². The van der Waals surface area contributed by atoms with E-state index >= 15 is 0 Å². The van der Waals surface area contributed by atoms with Crippen molar-refractivity contribution in [2.75, 3.05) is 7.11 Å². The van der Waals surface area contributed by atoms with Gasteiger partial charge in [-0.1, -0.05) is 30.3 Å². The molecule has 3 aromatic rings. The summed E-state index contributed by atoms with van der Waals surface area (Å²) >= 11 is 0. The molecule has 114 valence electrons. The van der Waals surface area contributed by atoms with Crippen LogP contribution in [0.1, 0.15) is 10.4 Å². The molecule has 0 saturated carbocycles. The molecule has 0 spiro atoms. The Bertz CT molecular complexity index is 818. The fourth-order valence-corrected chi connectivity index (χ4v) is 2.24. The van der Waals surface area contributed by atoms with E-state index in [0.29, 0.717) is 5.56 Å². The zero-order valence-electron chi connectivity index (χ0n) is 12.7. The van der Waals surface area contributed by atoms with E-state index < -0.39 is 0 Å². The predicted octanol–water partition coefficient (Wildman–Crippen LogP) is 3.91. The van der Waals surface area contributed by atoms with Crippen LogP contribution in [0.15, 0.2) is 73.1 Å². The monoisotopic (exact) mass is 304 g/mol. The number of rotatable bonds is 5. The minimum absolute atomic E-state index is 0.0691. The molecule has 0 amide bonds. The first kappa shape index (κ1) is 14.8. The van der Waals surface area contributed by atoms with Crippen LogP contribution in [-0.4, -0.2) is 22.4 Å². The third-order valence-corrected chi connectivity index (χ3v) is 3.46. The molecule has 1 heterocycles. The molecule has 0 aliphatic rings. The third-order valence-electron chi connectivity index (χ3n) is 3.46. The second-order valence-corrected chi connectivity index (χ2v) is 4.93. The second kappa shape index (κ2) is 6.75. The van der Waals surface area contributed by atoms with Gasteiger partial charge in [0.05, 0.1) is 7.11 Å². The average Bonchev–Trinajstić information content (AvgIpc) is 3.09. The molecule has 0 unspecified atom stereocenters. The number of imidazole rings is 1. The molecular weight excluding hydrogens is 288 g/mol. The van der Waals surface area contributed by atoms with Crippen molar-refractivity contribution < 1.29 is 9.53 Å². The molecule has 0 saturated heterocycles.